The Balaban J connectivity index is 1.40. The van der Waals surface area contributed by atoms with Gasteiger partial charge in [0.2, 0.25) is 0 Å². The van der Waals surface area contributed by atoms with Crippen LogP contribution >= 0.6 is 0 Å². The van der Waals surface area contributed by atoms with Gasteiger partial charge in [0.05, 0.1) is 22.6 Å². The number of anilines is 1. The van der Waals surface area contributed by atoms with Gasteiger partial charge in [-0.05, 0) is 19.1 Å². The first-order valence-electron chi connectivity index (χ1n) is 9.26. The number of aromatic nitrogens is 4. The summed E-state index contributed by atoms with van der Waals surface area (Å²) in [5, 5.41) is 0. The largest absolute Gasteiger partial charge is 0.355 e. The zero-order valence-corrected chi connectivity index (χ0v) is 15.5. The molecule has 0 radical (unpaired) electrons. The molecule has 5 rings (SSSR count). The molecule has 5 nitrogen and oxygen atoms in total. The molecular formula is C22H21N5. The summed E-state index contributed by atoms with van der Waals surface area (Å²) in [6.45, 7) is 3.82. The maximum Gasteiger partial charge on any atom is 0.132 e. The molecule has 0 spiro atoms. The van der Waals surface area contributed by atoms with Crippen molar-refractivity contribution in [2.24, 2.45) is 7.05 Å². The van der Waals surface area contributed by atoms with Gasteiger partial charge in [-0.1, -0.05) is 42.5 Å². The fraction of sp³-hybridized carbons (Fsp3) is 0.227. The molecule has 1 aliphatic rings. The van der Waals surface area contributed by atoms with Gasteiger partial charge in [0, 0.05) is 31.8 Å². The third kappa shape index (κ3) is 2.76. The molecule has 27 heavy (non-hydrogen) atoms. The number of fused-ring (bicyclic) bond motifs is 1. The number of rotatable bonds is 3. The Morgan fingerprint density at radius 3 is 2.41 bits per heavy atom. The van der Waals surface area contributed by atoms with Gasteiger partial charge < -0.3 is 9.47 Å². The zero-order valence-electron chi connectivity index (χ0n) is 15.5. The van der Waals surface area contributed by atoms with Crippen LogP contribution in [0.1, 0.15) is 17.6 Å². The topological polar surface area (TPSA) is 46.8 Å². The Hall–Kier alpha value is -3.21. The molecule has 2 aromatic heterocycles. The quantitative estimate of drug-likeness (QED) is 0.558. The summed E-state index contributed by atoms with van der Waals surface area (Å²) >= 11 is 0. The van der Waals surface area contributed by atoms with Crippen LogP contribution in [0.4, 0.5) is 5.82 Å². The fourth-order valence-electron chi connectivity index (χ4n) is 3.83. The Kier molecular flexibility index (Phi) is 3.67. The molecule has 0 amide bonds. The highest BCUT2D eigenvalue weighted by Gasteiger charge is 2.33. The first-order chi connectivity index (χ1) is 13.2. The van der Waals surface area contributed by atoms with Gasteiger partial charge in [-0.25, -0.2) is 15.0 Å². The summed E-state index contributed by atoms with van der Waals surface area (Å²) in [4.78, 5) is 16.4. The smallest absolute Gasteiger partial charge is 0.132 e. The van der Waals surface area contributed by atoms with E-state index in [2.05, 4.69) is 62.9 Å². The highest BCUT2D eigenvalue weighted by molar-refractivity contribution is 5.76. The number of imidazole rings is 1. The van der Waals surface area contributed by atoms with E-state index in [1.807, 2.05) is 31.2 Å². The van der Waals surface area contributed by atoms with Crippen LogP contribution in [0, 0.1) is 6.92 Å². The number of benzene rings is 2. The van der Waals surface area contributed by atoms with Crippen molar-refractivity contribution < 1.29 is 0 Å². The number of hydrogen-bond acceptors (Lipinski definition) is 4. The van der Waals surface area contributed by atoms with E-state index in [1.165, 1.54) is 5.52 Å². The minimum Gasteiger partial charge on any atom is -0.355 e. The van der Waals surface area contributed by atoms with Crippen LogP contribution in [-0.2, 0) is 7.05 Å². The average molecular weight is 355 g/mol. The Labute approximate surface area is 158 Å². The minimum atomic E-state index is 0.429. The van der Waals surface area contributed by atoms with Crippen molar-refractivity contribution >= 4 is 16.9 Å². The monoisotopic (exact) mass is 355 g/mol. The second kappa shape index (κ2) is 6.20. The third-order valence-corrected chi connectivity index (χ3v) is 5.29. The summed E-state index contributed by atoms with van der Waals surface area (Å²) in [7, 11) is 2.11. The zero-order chi connectivity index (χ0) is 18.4. The van der Waals surface area contributed by atoms with E-state index in [1.54, 1.807) is 0 Å². The lowest BCUT2D eigenvalue weighted by atomic mass is 9.99. The van der Waals surface area contributed by atoms with Gasteiger partial charge in [-0.3, -0.25) is 0 Å². The molecular weight excluding hydrogens is 334 g/mol. The van der Waals surface area contributed by atoms with Crippen molar-refractivity contribution in [1.82, 2.24) is 19.5 Å². The van der Waals surface area contributed by atoms with Crippen LogP contribution < -0.4 is 4.90 Å². The van der Waals surface area contributed by atoms with Crippen LogP contribution in [-0.4, -0.2) is 32.6 Å². The van der Waals surface area contributed by atoms with E-state index in [-0.39, 0.29) is 0 Å². The van der Waals surface area contributed by atoms with Gasteiger partial charge in [-0.2, -0.15) is 0 Å². The molecule has 0 saturated carbocycles. The van der Waals surface area contributed by atoms with Crippen molar-refractivity contribution in [1.29, 1.82) is 0 Å². The molecule has 0 N–H and O–H groups in total. The van der Waals surface area contributed by atoms with E-state index in [0.29, 0.717) is 5.92 Å². The second-order valence-corrected chi connectivity index (χ2v) is 7.14. The summed E-state index contributed by atoms with van der Waals surface area (Å²) in [5.74, 6) is 3.38. The molecule has 0 atom stereocenters. The Bertz CT molecular complexity index is 1110. The van der Waals surface area contributed by atoms with Crippen LogP contribution in [0.2, 0.25) is 0 Å². The van der Waals surface area contributed by atoms with Gasteiger partial charge in [-0.15, -0.1) is 0 Å². The molecule has 5 heteroatoms. The molecule has 4 aromatic rings. The molecule has 1 aliphatic heterocycles. The molecule has 0 unspecified atom stereocenters. The molecule has 0 bridgehead atoms. The van der Waals surface area contributed by atoms with Crippen molar-refractivity contribution in [3.8, 4) is 11.3 Å². The molecule has 1 fully saturated rings. The lowest BCUT2D eigenvalue weighted by Crippen LogP contribution is -2.46. The van der Waals surface area contributed by atoms with Gasteiger partial charge in [0.25, 0.3) is 0 Å². The predicted molar refractivity (Wildman–Crippen MR) is 108 cm³/mol. The Morgan fingerprint density at radius 2 is 1.63 bits per heavy atom. The predicted octanol–water partition coefficient (Wildman–Crippen LogP) is 3.94. The minimum absolute atomic E-state index is 0.429. The maximum absolute atomic E-state index is 4.85. The summed E-state index contributed by atoms with van der Waals surface area (Å²) in [5.41, 5.74) is 4.36. The van der Waals surface area contributed by atoms with Crippen LogP contribution in [0.15, 0.2) is 60.7 Å². The van der Waals surface area contributed by atoms with E-state index >= 15 is 0 Å². The van der Waals surface area contributed by atoms with Crippen molar-refractivity contribution in [2.45, 2.75) is 12.8 Å². The summed E-state index contributed by atoms with van der Waals surface area (Å²) in [6.07, 6.45) is 0. The molecule has 0 aliphatic carbocycles. The van der Waals surface area contributed by atoms with Gasteiger partial charge in [0.1, 0.15) is 17.5 Å². The fourth-order valence-corrected chi connectivity index (χ4v) is 3.83. The van der Waals surface area contributed by atoms with Crippen molar-refractivity contribution in [3.05, 3.63) is 72.3 Å². The van der Waals surface area contributed by atoms with E-state index in [0.717, 1.165) is 47.3 Å². The van der Waals surface area contributed by atoms with E-state index < -0.39 is 0 Å². The SMILES string of the molecule is Cc1nc(-c2ccccc2)cc(N2CC(c3nc4ccccc4n3C)C2)n1. The molecule has 2 aromatic carbocycles. The van der Waals surface area contributed by atoms with Gasteiger partial charge in [0.15, 0.2) is 0 Å². The molecule has 134 valence electrons. The first kappa shape index (κ1) is 16.0. The van der Waals surface area contributed by atoms with Crippen molar-refractivity contribution in [3.63, 3.8) is 0 Å². The highest BCUT2D eigenvalue weighted by Crippen LogP contribution is 2.33. The van der Waals surface area contributed by atoms with Crippen LogP contribution in [0.5, 0.6) is 0 Å². The lowest BCUT2D eigenvalue weighted by molar-refractivity contribution is 0.486. The molecule has 3 heterocycles. The number of hydrogen-bond donors (Lipinski definition) is 0. The van der Waals surface area contributed by atoms with E-state index in [9.17, 15) is 0 Å². The van der Waals surface area contributed by atoms with E-state index in [4.69, 9.17) is 4.98 Å². The highest BCUT2D eigenvalue weighted by atomic mass is 15.3. The molecule has 1 saturated heterocycles. The number of aryl methyl sites for hydroxylation is 2. The average Bonchev–Trinajstić information content (AvgIpc) is 2.98. The normalized spacial score (nSPS) is 14.5. The maximum atomic E-state index is 4.85. The lowest BCUT2D eigenvalue weighted by Gasteiger charge is -2.39. The van der Waals surface area contributed by atoms with Crippen molar-refractivity contribution in [2.75, 3.05) is 18.0 Å². The second-order valence-electron chi connectivity index (χ2n) is 7.14. The summed E-state index contributed by atoms with van der Waals surface area (Å²) in [6, 6.07) is 20.7. The first-order valence-corrected chi connectivity index (χ1v) is 9.26. The Morgan fingerprint density at radius 1 is 0.889 bits per heavy atom. The standard InChI is InChI=1S/C22H21N5/c1-15-23-19(16-8-4-3-5-9-16)12-21(24-15)27-13-17(14-27)22-25-18-10-6-7-11-20(18)26(22)2/h3-12,17H,13-14H2,1-2H3. The van der Waals surface area contributed by atoms with Crippen LogP contribution in [0.3, 0.4) is 0 Å². The van der Waals surface area contributed by atoms with Gasteiger partial charge >= 0.3 is 0 Å². The third-order valence-electron chi connectivity index (χ3n) is 5.29. The number of nitrogens with zero attached hydrogens (tertiary/aromatic N) is 5. The summed E-state index contributed by atoms with van der Waals surface area (Å²) < 4.78 is 2.22. The van der Waals surface area contributed by atoms with Crippen LogP contribution in [0.25, 0.3) is 22.3 Å². The number of para-hydroxylation sites is 2.